The molecule has 1 N–H and O–H groups in total. The summed E-state index contributed by atoms with van der Waals surface area (Å²) in [6, 6.07) is 2.82. The molecule has 0 bridgehead atoms. The number of hydrogen-bond donors (Lipinski definition) is 1. The van der Waals surface area contributed by atoms with Crippen LogP contribution in [0.2, 0.25) is 0 Å². The standard InChI is InChI=1S/C16H27N3/c1-16(2)8-5-14(6-9-16)19(4)15-7-10-18-12-13(15)11-17-3/h7,10,12,14,17H,5-6,8-9,11H2,1-4H3. The average molecular weight is 261 g/mol. The third kappa shape index (κ3) is 3.47. The van der Waals surface area contributed by atoms with Crippen molar-refractivity contribution in [1.29, 1.82) is 0 Å². The van der Waals surface area contributed by atoms with E-state index in [0.29, 0.717) is 11.5 Å². The van der Waals surface area contributed by atoms with Crippen LogP contribution in [0.1, 0.15) is 45.1 Å². The van der Waals surface area contributed by atoms with Gasteiger partial charge in [0.25, 0.3) is 0 Å². The molecule has 0 atom stereocenters. The molecule has 1 aromatic rings. The monoisotopic (exact) mass is 261 g/mol. The normalized spacial score (nSPS) is 19.4. The van der Waals surface area contributed by atoms with Crippen molar-refractivity contribution in [3.63, 3.8) is 0 Å². The van der Waals surface area contributed by atoms with Gasteiger partial charge in [0.05, 0.1) is 0 Å². The third-order valence-corrected chi connectivity index (χ3v) is 4.48. The highest BCUT2D eigenvalue weighted by atomic mass is 15.1. The van der Waals surface area contributed by atoms with E-state index >= 15 is 0 Å². The molecular weight excluding hydrogens is 234 g/mol. The van der Waals surface area contributed by atoms with E-state index in [1.807, 2.05) is 19.4 Å². The lowest BCUT2D eigenvalue weighted by molar-refractivity contribution is 0.222. The number of rotatable bonds is 4. The zero-order chi connectivity index (χ0) is 13.9. The topological polar surface area (TPSA) is 28.2 Å². The van der Waals surface area contributed by atoms with Gasteiger partial charge in [-0.3, -0.25) is 4.98 Å². The SMILES string of the molecule is CNCc1cnccc1N(C)C1CCC(C)(C)CC1. The lowest BCUT2D eigenvalue weighted by Gasteiger charge is -2.40. The molecule has 3 nitrogen and oxygen atoms in total. The van der Waals surface area contributed by atoms with Crippen molar-refractivity contribution in [2.45, 2.75) is 52.1 Å². The summed E-state index contributed by atoms with van der Waals surface area (Å²) in [5, 5.41) is 3.23. The number of nitrogens with one attached hydrogen (secondary N) is 1. The van der Waals surface area contributed by atoms with E-state index < -0.39 is 0 Å². The van der Waals surface area contributed by atoms with E-state index in [2.05, 4.69) is 42.2 Å². The summed E-state index contributed by atoms with van der Waals surface area (Å²) in [5.74, 6) is 0. The van der Waals surface area contributed by atoms with Gasteiger partial charge in [0.1, 0.15) is 0 Å². The molecule has 0 spiro atoms. The molecule has 1 aliphatic rings. The fraction of sp³-hybridized carbons (Fsp3) is 0.688. The van der Waals surface area contributed by atoms with Crippen LogP contribution >= 0.6 is 0 Å². The molecular formula is C16H27N3. The number of pyridine rings is 1. The first-order valence-corrected chi connectivity index (χ1v) is 7.34. The van der Waals surface area contributed by atoms with Gasteiger partial charge in [-0.25, -0.2) is 0 Å². The lowest BCUT2D eigenvalue weighted by atomic mass is 9.75. The predicted molar refractivity (Wildman–Crippen MR) is 81.4 cm³/mol. The summed E-state index contributed by atoms with van der Waals surface area (Å²) < 4.78 is 0. The maximum atomic E-state index is 4.25. The quantitative estimate of drug-likeness (QED) is 0.902. The number of nitrogens with zero attached hydrogens (tertiary/aromatic N) is 2. The Morgan fingerprint density at radius 3 is 2.68 bits per heavy atom. The van der Waals surface area contributed by atoms with Gasteiger partial charge in [0.2, 0.25) is 0 Å². The Balaban J connectivity index is 2.09. The van der Waals surface area contributed by atoms with Crippen molar-refractivity contribution in [3.05, 3.63) is 24.0 Å². The van der Waals surface area contributed by atoms with Gasteiger partial charge in [-0.15, -0.1) is 0 Å². The van der Waals surface area contributed by atoms with E-state index in [-0.39, 0.29) is 0 Å². The Morgan fingerprint density at radius 2 is 2.05 bits per heavy atom. The second-order valence-electron chi connectivity index (χ2n) is 6.54. The Labute approximate surface area is 117 Å². The van der Waals surface area contributed by atoms with Crippen LogP contribution in [0.3, 0.4) is 0 Å². The fourth-order valence-electron chi connectivity index (χ4n) is 3.06. The summed E-state index contributed by atoms with van der Waals surface area (Å²) in [5.41, 5.74) is 3.15. The molecule has 106 valence electrons. The summed E-state index contributed by atoms with van der Waals surface area (Å²) >= 11 is 0. The molecule has 0 aliphatic heterocycles. The first-order chi connectivity index (χ1) is 9.03. The first-order valence-electron chi connectivity index (χ1n) is 7.34. The number of anilines is 1. The lowest BCUT2D eigenvalue weighted by Crippen LogP contribution is -2.37. The van der Waals surface area contributed by atoms with Crippen LogP contribution in [0, 0.1) is 5.41 Å². The van der Waals surface area contributed by atoms with E-state index in [1.54, 1.807) is 0 Å². The van der Waals surface area contributed by atoms with Crippen LogP contribution < -0.4 is 10.2 Å². The summed E-state index contributed by atoms with van der Waals surface area (Å²) in [4.78, 5) is 6.71. The maximum absolute atomic E-state index is 4.25. The second kappa shape index (κ2) is 5.91. The summed E-state index contributed by atoms with van der Waals surface area (Å²) in [6.07, 6.45) is 9.13. The highest BCUT2D eigenvalue weighted by molar-refractivity contribution is 5.52. The molecule has 2 rings (SSSR count). The summed E-state index contributed by atoms with van der Waals surface area (Å²) in [7, 11) is 4.22. The number of hydrogen-bond acceptors (Lipinski definition) is 3. The van der Waals surface area contributed by atoms with Crippen LogP contribution in [0.15, 0.2) is 18.5 Å². The zero-order valence-electron chi connectivity index (χ0n) is 12.7. The first kappa shape index (κ1) is 14.3. The smallest absolute Gasteiger partial charge is 0.0442 e. The largest absolute Gasteiger partial charge is 0.371 e. The van der Waals surface area contributed by atoms with Crippen molar-refractivity contribution in [3.8, 4) is 0 Å². The average Bonchev–Trinajstić information content (AvgIpc) is 2.39. The molecule has 19 heavy (non-hydrogen) atoms. The minimum Gasteiger partial charge on any atom is -0.371 e. The Bertz CT molecular complexity index is 404. The van der Waals surface area contributed by atoms with Crippen molar-refractivity contribution in [2.24, 2.45) is 5.41 Å². The Kier molecular flexibility index (Phi) is 4.46. The van der Waals surface area contributed by atoms with E-state index in [0.717, 1.165) is 6.54 Å². The van der Waals surface area contributed by atoms with E-state index in [1.165, 1.54) is 36.9 Å². The molecule has 1 fully saturated rings. The van der Waals surface area contributed by atoms with Gasteiger partial charge in [-0.05, 0) is 44.2 Å². The highest BCUT2D eigenvalue weighted by Gasteiger charge is 2.29. The van der Waals surface area contributed by atoms with Crippen molar-refractivity contribution in [1.82, 2.24) is 10.3 Å². The van der Waals surface area contributed by atoms with E-state index in [9.17, 15) is 0 Å². The van der Waals surface area contributed by atoms with Crippen LogP contribution in [-0.4, -0.2) is 25.1 Å². The summed E-state index contributed by atoms with van der Waals surface area (Å²) in [6.45, 7) is 5.66. The molecule has 1 saturated carbocycles. The van der Waals surface area contributed by atoms with Crippen molar-refractivity contribution >= 4 is 5.69 Å². The van der Waals surface area contributed by atoms with Gasteiger partial charge < -0.3 is 10.2 Å². The minimum atomic E-state index is 0.531. The van der Waals surface area contributed by atoms with Gasteiger partial charge >= 0.3 is 0 Å². The molecule has 0 amide bonds. The van der Waals surface area contributed by atoms with Crippen LogP contribution in [0.4, 0.5) is 5.69 Å². The Hall–Kier alpha value is -1.09. The van der Waals surface area contributed by atoms with Crippen molar-refractivity contribution < 1.29 is 0 Å². The number of aromatic nitrogens is 1. The second-order valence-corrected chi connectivity index (χ2v) is 6.54. The molecule has 0 unspecified atom stereocenters. The molecule has 0 saturated heterocycles. The van der Waals surface area contributed by atoms with E-state index in [4.69, 9.17) is 0 Å². The third-order valence-electron chi connectivity index (χ3n) is 4.48. The van der Waals surface area contributed by atoms with Crippen LogP contribution in [-0.2, 0) is 6.54 Å². The van der Waals surface area contributed by atoms with Gasteiger partial charge in [-0.1, -0.05) is 13.8 Å². The highest BCUT2D eigenvalue weighted by Crippen LogP contribution is 2.38. The molecule has 3 heteroatoms. The molecule has 0 radical (unpaired) electrons. The minimum absolute atomic E-state index is 0.531. The fourth-order valence-corrected chi connectivity index (χ4v) is 3.06. The zero-order valence-corrected chi connectivity index (χ0v) is 12.7. The molecule has 1 aliphatic carbocycles. The van der Waals surface area contributed by atoms with Crippen LogP contribution in [0.5, 0.6) is 0 Å². The molecule has 1 aromatic heterocycles. The van der Waals surface area contributed by atoms with Gasteiger partial charge in [0, 0.05) is 43.3 Å². The van der Waals surface area contributed by atoms with Gasteiger partial charge in [-0.2, -0.15) is 0 Å². The maximum Gasteiger partial charge on any atom is 0.0442 e. The Morgan fingerprint density at radius 1 is 1.37 bits per heavy atom. The predicted octanol–water partition coefficient (Wildman–Crippen LogP) is 3.21. The van der Waals surface area contributed by atoms with Crippen molar-refractivity contribution in [2.75, 3.05) is 19.0 Å². The van der Waals surface area contributed by atoms with Crippen LogP contribution in [0.25, 0.3) is 0 Å². The molecule has 1 heterocycles. The molecule has 0 aromatic carbocycles. The van der Waals surface area contributed by atoms with Gasteiger partial charge in [0.15, 0.2) is 0 Å².